The van der Waals surface area contributed by atoms with Crippen LogP contribution in [0.25, 0.3) is 11.4 Å². The van der Waals surface area contributed by atoms with Crippen molar-refractivity contribution in [3.8, 4) is 11.4 Å². The van der Waals surface area contributed by atoms with E-state index in [2.05, 4.69) is 9.88 Å². The number of thioether (sulfide) groups is 1. The minimum Gasteiger partial charge on any atom is -0.355 e. The van der Waals surface area contributed by atoms with Crippen LogP contribution in [-0.2, 0) is 12.8 Å². The molecule has 1 saturated heterocycles. The third kappa shape index (κ3) is 2.70. The number of aromatic nitrogens is 3. The number of hydrogen-bond acceptors (Lipinski definition) is 5. The van der Waals surface area contributed by atoms with Gasteiger partial charge in [-0.3, -0.25) is 4.98 Å². The second-order valence-corrected chi connectivity index (χ2v) is 7.06. The Morgan fingerprint density at radius 2 is 1.73 bits per heavy atom. The zero-order valence-electron chi connectivity index (χ0n) is 12.7. The zero-order valence-corrected chi connectivity index (χ0v) is 13.5. The molecule has 0 saturated carbocycles. The Balaban J connectivity index is 1.80. The van der Waals surface area contributed by atoms with Crippen LogP contribution in [0, 0.1) is 0 Å². The molecule has 2 aromatic rings. The molecule has 1 fully saturated rings. The standard InChI is InChI=1S/C17H20N4S/c1-2-4-15-14(3-1)17(21-9-11-22-12-10-21)20-16(19-15)13-5-7-18-8-6-13/h5-8H,1-4,9-12H2. The lowest BCUT2D eigenvalue weighted by Gasteiger charge is -2.31. The maximum Gasteiger partial charge on any atom is 0.161 e. The third-order valence-electron chi connectivity index (χ3n) is 4.41. The number of fused-ring (bicyclic) bond motifs is 1. The van der Waals surface area contributed by atoms with Crippen molar-refractivity contribution < 1.29 is 0 Å². The van der Waals surface area contributed by atoms with E-state index in [1.54, 1.807) is 0 Å². The predicted molar refractivity (Wildman–Crippen MR) is 91.4 cm³/mol. The van der Waals surface area contributed by atoms with Crippen molar-refractivity contribution in [1.29, 1.82) is 0 Å². The molecule has 1 aliphatic carbocycles. The number of nitrogens with zero attached hydrogens (tertiary/aromatic N) is 4. The highest BCUT2D eigenvalue weighted by atomic mass is 32.2. The summed E-state index contributed by atoms with van der Waals surface area (Å²) in [6.07, 6.45) is 8.36. The summed E-state index contributed by atoms with van der Waals surface area (Å²) in [6, 6.07) is 4.00. The summed E-state index contributed by atoms with van der Waals surface area (Å²) in [5.74, 6) is 4.44. The lowest BCUT2D eigenvalue weighted by Crippen LogP contribution is -2.34. The van der Waals surface area contributed by atoms with Crippen LogP contribution in [0.2, 0.25) is 0 Å². The van der Waals surface area contributed by atoms with Gasteiger partial charge in [0, 0.05) is 53.8 Å². The molecule has 0 spiro atoms. The van der Waals surface area contributed by atoms with Crippen molar-refractivity contribution >= 4 is 17.6 Å². The predicted octanol–water partition coefficient (Wildman–Crippen LogP) is 2.97. The largest absolute Gasteiger partial charge is 0.355 e. The molecule has 0 bridgehead atoms. The molecule has 5 heteroatoms. The van der Waals surface area contributed by atoms with Gasteiger partial charge in [0.15, 0.2) is 5.82 Å². The van der Waals surface area contributed by atoms with E-state index in [1.807, 2.05) is 36.3 Å². The second kappa shape index (κ2) is 6.24. The van der Waals surface area contributed by atoms with Gasteiger partial charge in [-0.25, -0.2) is 9.97 Å². The first-order valence-corrected chi connectivity index (χ1v) is 9.20. The van der Waals surface area contributed by atoms with Crippen molar-refractivity contribution in [1.82, 2.24) is 15.0 Å². The summed E-state index contributed by atoms with van der Waals surface area (Å²) in [4.78, 5) is 16.4. The van der Waals surface area contributed by atoms with Crippen LogP contribution >= 0.6 is 11.8 Å². The smallest absolute Gasteiger partial charge is 0.161 e. The summed E-state index contributed by atoms with van der Waals surface area (Å²) < 4.78 is 0. The van der Waals surface area contributed by atoms with Gasteiger partial charge in [-0.2, -0.15) is 11.8 Å². The van der Waals surface area contributed by atoms with Gasteiger partial charge in [-0.15, -0.1) is 0 Å². The van der Waals surface area contributed by atoms with Crippen LogP contribution in [0.3, 0.4) is 0 Å². The maximum absolute atomic E-state index is 4.96. The van der Waals surface area contributed by atoms with E-state index in [4.69, 9.17) is 9.97 Å². The monoisotopic (exact) mass is 312 g/mol. The minimum atomic E-state index is 0.858. The molecule has 0 N–H and O–H groups in total. The van der Waals surface area contributed by atoms with Gasteiger partial charge >= 0.3 is 0 Å². The Morgan fingerprint density at radius 3 is 2.55 bits per heavy atom. The molecule has 0 aromatic carbocycles. The van der Waals surface area contributed by atoms with Crippen LogP contribution in [0.5, 0.6) is 0 Å². The van der Waals surface area contributed by atoms with E-state index in [-0.39, 0.29) is 0 Å². The van der Waals surface area contributed by atoms with Crippen LogP contribution in [0.15, 0.2) is 24.5 Å². The number of anilines is 1. The average Bonchev–Trinajstić information content (AvgIpc) is 2.62. The van der Waals surface area contributed by atoms with Gasteiger partial charge in [0.1, 0.15) is 5.82 Å². The van der Waals surface area contributed by atoms with Gasteiger partial charge in [-0.1, -0.05) is 0 Å². The summed E-state index contributed by atoms with van der Waals surface area (Å²) in [5.41, 5.74) is 3.73. The second-order valence-electron chi connectivity index (χ2n) is 5.84. The molecular weight excluding hydrogens is 292 g/mol. The minimum absolute atomic E-state index is 0.858. The Labute approximate surface area is 135 Å². The molecule has 0 unspecified atom stereocenters. The van der Waals surface area contributed by atoms with E-state index >= 15 is 0 Å². The molecule has 1 aliphatic heterocycles. The summed E-state index contributed by atoms with van der Waals surface area (Å²) in [5, 5.41) is 0. The first-order valence-electron chi connectivity index (χ1n) is 8.05. The van der Waals surface area contributed by atoms with Crippen molar-refractivity contribution in [2.75, 3.05) is 29.5 Å². The molecule has 0 amide bonds. The molecule has 2 aromatic heterocycles. The van der Waals surface area contributed by atoms with Crippen molar-refractivity contribution in [2.45, 2.75) is 25.7 Å². The lowest BCUT2D eigenvalue weighted by atomic mass is 9.95. The Hall–Kier alpha value is -1.62. The van der Waals surface area contributed by atoms with E-state index in [9.17, 15) is 0 Å². The van der Waals surface area contributed by atoms with E-state index in [0.717, 1.165) is 37.3 Å². The van der Waals surface area contributed by atoms with Gasteiger partial charge in [-0.05, 0) is 37.8 Å². The van der Waals surface area contributed by atoms with E-state index in [1.165, 1.54) is 41.4 Å². The first-order chi connectivity index (χ1) is 10.9. The van der Waals surface area contributed by atoms with Gasteiger partial charge in [0.2, 0.25) is 0 Å². The summed E-state index contributed by atoms with van der Waals surface area (Å²) in [6.45, 7) is 2.20. The highest BCUT2D eigenvalue weighted by Crippen LogP contribution is 2.31. The van der Waals surface area contributed by atoms with Crippen molar-refractivity contribution in [2.24, 2.45) is 0 Å². The number of pyridine rings is 1. The first kappa shape index (κ1) is 14.0. The Morgan fingerprint density at radius 1 is 0.955 bits per heavy atom. The Kier molecular flexibility index (Phi) is 3.97. The molecular formula is C17H20N4S. The number of hydrogen-bond donors (Lipinski definition) is 0. The molecule has 4 rings (SSSR count). The average molecular weight is 312 g/mol. The quantitative estimate of drug-likeness (QED) is 0.853. The third-order valence-corrected chi connectivity index (χ3v) is 5.35. The summed E-state index contributed by atoms with van der Waals surface area (Å²) in [7, 11) is 0. The fourth-order valence-corrected chi connectivity index (χ4v) is 4.14. The fourth-order valence-electron chi connectivity index (χ4n) is 3.24. The van der Waals surface area contributed by atoms with Crippen molar-refractivity contribution in [3.05, 3.63) is 35.8 Å². The van der Waals surface area contributed by atoms with E-state index < -0.39 is 0 Å². The highest BCUT2D eigenvalue weighted by molar-refractivity contribution is 7.99. The van der Waals surface area contributed by atoms with Crippen LogP contribution < -0.4 is 4.90 Å². The topological polar surface area (TPSA) is 41.9 Å². The normalized spacial score (nSPS) is 18.1. The van der Waals surface area contributed by atoms with Gasteiger partial charge in [0.05, 0.1) is 0 Å². The summed E-state index contributed by atoms with van der Waals surface area (Å²) >= 11 is 2.04. The number of rotatable bonds is 2. The highest BCUT2D eigenvalue weighted by Gasteiger charge is 2.23. The zero-order chi connectivity index (χ0) is 14.8. The van der Waals surface area contributed by atoms with Crippen LogP contribution in [0.1, 0.15) is 24.1 Å². The molecule has 3 heterocycles. The maximum atomic E-state index is 4.96. The van der Waals surface area contributed by atoms with Crippen LogP contribution in [-0.4, -0.2) is 39.5 Å². The molecule has 4 nitrogen and oxygen atoms in total. The molecule has 0 radical (unpaired) electrons. The fraction of sp³-hybridized carbons (Fsp3) is 0.471. The SMILES string of the molecule is c1cc(-c2nc3c(c(N4CCSCC4)n2)CCCC3)ccn1. The molecule has 114 valence electrons. The number of aryl methyl sites for hydroxylation is 1. The molecule has 22 heavy (non-hydrogen) atoms. The molecule has 0 atom stereocenters. The van der Waals surface area contributed by atoms with E-state index in [0.29, 0.717) is 0 Å². The van der Waals surface area contributed by atoms with Gasteiger partial charge in [0.25, 0.3) is 0 Å². The Bertz CT molecular complexity index is 653. The lowest BCUT2D eigenvalue weighted by molar-refractivity contribution is 0.657. The van der Waals surface area contributed by atoms with Crippen LogP contribution in [0.4, 0.5) is 5.82 Å². The molecule has 2 aliphatic rings. The van der Waals surface area contributed by atoms with Crippen molar-refractivity contribution in [3.63, 3.8) is 0 Å². The van der Waals surface area contributed by atoms with Gasteiger partial charge < -0.3 is 4.90 Å².